The molecule has 2 aliphatic heterocycles. The SMILES string of the molecule is O=C(NCC1CCCNC1)[C@@]12CCCC[C@H]1CNC2. The van der Waals surface area contributed by atoms with Gasteiger partial charge in [-0.1, -0.05) is 12.8 Å². The Bertz CT molecular complexity index is 327. The second-order valence-electron chi connectivity index (χ2n) is 6.65. The number of carbonyl (C=O) groups is 1. The van der Waals surface area contributed by atoms with Crippen LogP contribution in [-0.2, 0) is 4.79 Å². The maximum atomic E-state index is 12.7. The first-order chi connectivity index (χ1) is 9.31. The molecule has 3 N–H and O–H groups in total. The average Bonchev–Trinajstić information content (AvgIpc) is 2.91. The minimum Gasteiger partial charge on any atom is -0.355 e. The molecule has 0 bridgehead atoms. The number of hydrogen-bond donors (Lipinski definition) is 3. The standard InChI is InChI=1S/C15H27N3O/c19-14(18-9-12-4-3-7-16-8-12)15-6-2-1-5-13(15)10-17-11-15/h12-13,16-17H,1-11H2,(H,18,19)/t12?,13-,15+/m0/s1. The highest BCUT2D eigenvalue weighted by atomic mass is 16.2. The lowest BCUT2D eigenvalue weighted by molar-refractivity contribution is -0.134. The maximum absolute atomic E-state index is 12.7. The number of piperidine rings is 1. The van der Waals surface area contributed by atoms with Gasteiger partial charge < -0.3 is 16.0 Å². The number of nitrogens with one attached hydrogen (secondary N) is 3. The number of carbonyl (C=O) groups excluding carboxylic acids is 1. The summed E-state index contributed by atoms with van der Waals surface area (Å²) in [6.45, 7) is 5.00. The Balaban J connectivity index is 1.56. The van der Waals surface area contributed by atoms with Gasteiger partial charge in [-0.05, 0) is 57.2 Å². The van der Waals surface area contributed by atoms with E-state index in [2.05, 4.69) is 16.0 Å². The van der Waals surface area contributed by atoms with Gasteiger partial charge in [-0.25, -0.2) is 0 Å². The van der Waals surface area contributed by atoms with E-state index >= 15 is 0 Å². The summed E-state index contributed by atoms with van der Waals surface area (Å²) in [6.07, 6.45) is 7.33. The zero-order chi connectivity index (χ0) is 13.1. The third-order valence-electron chi connectivity index (χ3n) is 5.44. The van der Waals surface area contributed by atoms with Gasteiger partial charge in [0.2, 0.25) is 5.91 Å². The molecule has 0 aromatic carbocycles. The van der Waals surface area contributed by atoms with E-state index in [1.807, 2.05) is 0 Å². The summed E-state index contributed by atoms with van der Waals surface area (Å²) in [4.78, 5) is 12.7. The zero-order valence-corrected chi connectivity index (χ0v) is 11.8. The first-order valence-electron chi connectivity index (χ1n) is 8.01. The van der Waals surface area contributed by atoms with Gasteiger partial charge in [0.1, 0.15) is 0 Å². The van der Waals surface area contributed by atoms with E-state index in [0.29, 0.717) is 17.7 Å². The second kappa shape index (κ2) is 5.80. The lowest BCUT2D eigenvalue weighted by atomic mass is 9.67. The molecule has 19 heavy (non-hydrogen) atoms. The summed E-state index contributed by atoms with van der Waals surface area (Å²) in [5, 5.41) is 10.1. The summed E-state index contributed by atoms with van der Waals surface area (Å²) in [5.41, 5.74) is -0.0830. The van der Waals surface area contributed by atoms with Crippen molar-refractivity contribution in [3.05, 3.63) is 0 Å². The third kappa shape index (κ3) is 2.65. The Kier molecular flexibility index (Phi) is 4.08. The first kappa shape index (κ1) is 13.4. The van der Waals surface area contributed by atoms with E-state index in [4.69, 9.17) is 0 Å². The summed E-state index contributed by atoms with van der Waals surface area (Å²) < 4.78 is 0. The fourth-order valence-corrected chi connectivity index (χ4v) is 4.20. The number of fused-ring (bicyclic) bond motifs is 1. The highest BCUT2D eigenvalue weighted by Crippen LogP contribution is 2.43. The smallest absolute Gasteiger partial charge is 0.227 e. The molecule has 1 amide bonds. The van der Waals surface area contributed by atoms with Crippen LogP contribution in [0, 0.1) is 17.3 Å². The highest BCUT2D eigenvalue weighted by Gasteiger charge is 2.49. The fraction of sp³-hybridized carbons (Fsp3) is 0.933. The first-order valence-corrected chi connectivity index (χ1v) is 8.01. The molecule has 0 radical (unpaired) electrons. The van der Waals surface area contributed by atoms with Gasteiger partial charge in [-0.15, -0.1) is 0 Å². The highest BCUT2D eigenvalue weighted by molar-refractivity contribution is 5.83. The molecule has 1 unspecified atom stereocenters. The lowest BCUT2D eigenvalue weighted by Gasteiger charge is -2.37. The van der Waals surface area contributed by atoms with Crippen molar-refractivity contribution < 1.29 is 4.79 Å². The van der Waals surface area contributed by atoms with E-state index in [-0.39, 0.29) is 5.41 Å². The van der Waals surface area contributed by atoms with E-state index in [0.717, 1.165) is 39.1 Å². The van der Waals surface area contributed by atoms with Gasteiger partial charge in [0.05, 0.1) is 5.41 Å². The lowest BCUT2D eigenvalue weighted by Crippen LogP contribution is -2.49. The number of hydrogen-bond acceptors (Lipinski definition) is 3. The predicted octanol–water partition coefficient (Wildman–Crippen LogP) is 0.882. The molecule has 1 aliphatic carbocycles. The van der Waals surface area contributed by atoms with Gasteiger partial charge in [-0.2, -0.15) is 0 Å². The minimum absolute atomic E-state index is 0.0830. The van der Waals surface area contributed by atoms with Crippen LogP contribution in [0.3, 0.4) is 0 Å². The van der Waals surface area contributed by atoms with Gasteiger partial charge in [0, 0.05) is 13.1 Å². The Morgan fingerprint density at radius 1 is 1.16 bits per heavy atom. The molecule has 0 aromatic rings. The Labute approximate surface area is 116 Å². The molecule has 4 heteroatoms. The van der Waals surface area contributed by atoms with Crippen molar-refractivity contribution in [1.82, 2.24) is 16.0 Å². The maximum Gasteiger partial charge on any atom is 0.227 e. The van der Waals surface area contributed by atoms with E-state index in [9.17, 15) is 4.79 Å². The fourth-order valence-electron chi connectivity index (χ4n) is 4.20. The van der Waals surface area contributed by atoms with Gasteiger partial charge in [0.15, 0.2) is 0 Å². The Hall–Kier alpha value is -0.610. The molecule has 0 spiro atoms. The molecule has 4 nitrogen and oxygen atoms in total. The van der Waals surface area contributed by atoms with Crippen LogP contribution < -0.4 is 16.0 Å². The van der Waals surface area contributed by atoms with Crippen molar-refractivity contribution in [3.63, 3.8) is 0 Å². The van der Waals surface area contributed by atoms with Gasteiger partial charge in [-0.3, -0.25) is 4.79 Å². The van der Waals surface area contributed by atoms with Crippen molar-refractivity contribution >= 4 is 5.91 Å². The summed E-state index contributed by atoms with van der Waals surface area (Å²) >= 11 is 0. The molecule has 3 aliphatic rings. The van der Waals surface area contributed by atoms with Crippen molar-refractivity contribution in [3.8, 4) is 0 Å². The Morgan fingerprint density at radius 3 is 2.95 bits per heavy atom. The van der Waals surface area contributed by atoms with Crippen molar-refractivity contribution in [2.75, 3.05) is 32.7 Å². The van der Waals surface area contributed by atoms with Crippen molar-refractivity contribution in [2.24, 2.45) is 17.3 Å². The molecular weight excluding hydrogens is 238 g/mol. The van der Waals surface area contributed by atoms with Crippen molar-refractivity contribution in [2.45, 2.75) is 38.5 Å². The summed E-state index contributed by atoms with van der Waals surface area (Å²) in [7, 11) is 0. The van der Waals surface area contributed by atoms with E-state index < -0.39 is 0 Å². The van der Waals surface area contributed by atoms with Crippen LogP contribution in [-0.4, -0.2) is 38.6 Å². The van der Waals surface area contributed by atoms with Gasteiger partial charge in [0.25, 0.3) is 0 Å². The van der Waals surface area contributed by atoms with Crippen LogP contribution in [0.25, 0.3) is 0 Å². The largest absolute Gasteiger partial charge is 0.355 e. The van der Waals surface area contributed by atoms with Crippen molar-refractivity contribution in [1.29, 1.82) is 0 Å². The summed E-state index contributed by atoms with van der Waals surface area (Å²) in [5.74, 6) is 1.53. The quantitative estimate of drug-likeness (QED) is 0.710. The van der Waals surface area contributed by atoms with E-state index in [1.54, 1.807) is 0 Å². The Morgan fingerprint density at radius 2 is 2.11 bits per heavy atom. The predicted molar refractivity (Wildman–Crippen MR) is 75.9 cm³/mol. The van der Waals surface area contributed by atoms with Crippen LogP contribution in [0.1, 0.15) is 38.5 Å². The summed E-state index contributed by atoms with van der Waals surface area (Å²) in [6, 6.07) is 0. The van der Waals surface area contributed by atoms with E-state index in [1.165, 1.54) is 32.1 Å². The molecule has 3 fully saturated rings. The molecular formula is C15H27N3O. The van der Waals surface area contributed by atoms with Gasteiger partial charge >= 0.3 is 0 Å². The van der Waals surface area contributed by atoms with Crippen LogP contribution >= 0.6 is 0 Å². The normalized spacial score (nSPS) is 38.7. The molecule has 2 saturated heterocycles. The third-order valence-corrected chi connectivity index (χ3v) is 5.44. The molecule has 3 rings (SSSR count). The minimum atomic E-state index is -0.0830. The van der Waals surface area contributed by atoms with Crippen LogP contribution in [0.15, 0.2) is 0 Å². The molecule has 0 aromatic heterocycles. The molecule has 1 saturated carbocycles. The molecule has 108 valence electrons. The van der Waals surface area contributed by atoms with Crippen LogP contribution in [0.5, 0.6) is 0 Å². The number of rotatable bonds is 3. The second-order valence-corrected chi connectivity index (χ2v) is 6.65. The average molecular weight is 265 g/mol. The molecule has 3 atom stereocenters. The van der Waals surface area contributed by atoms with Crippen LogP contribution in [0.2, 0.25) is 0 Å². The zero-order valence-electron chi connectivity index (χ0n) is 11.8. The monoisotopic (exact) mass is 265 g/mol. The van der Waals surface area contributed by atoms with Crippen LogP contribution in [0.4, 0.5) is 0 Å². The topological polar surface area (TPSA) is 53.2 Å². The number of amides is 1. The molecule has 2 heterocycles.